The van der Waals surface area contributed by atoms with Crippen molar-refractivity contribution in [1.29, 1.82) is 0 Å². The fourth-order valence-corrected chi connectivity index (χ4v) is 2.00. The Labute approximate surface area is 82.0 Å². The van der Waals surface area contributed by atoms with Gasteiger partial charge in [0.15, 0.2) is 5.13 Å². The van der Waals surface area contributed by atoms with Crippen molar-refractivity contribution in [2.75, 3.05) is 18.0 Å². The third kappa shape index (κ3) is 2.43. The molecule has 0 radical (unpaired) electrons. The average Bonchev–Trinajstić information content (AvgIpc) is 2.56. The summed E-state index contributed by atoms with van der Waals surface area (Å²) in [4.78, 5) is 6.16. The van der Waals surface area contributed by atoms with Crippen molar-refractivity contribution in [3.63, 3.8) is 0 Å². The van der Waals surface area contributed by atoms with Gasteiger partial charge in [-0.25, -0.2) is 4.98 Å². The Bertz CT molecular complexity index is 263. The van der Waals surface area contributed by atoms with Crippen molar-refractivity contribution < 1.29 is 10.0 Å². The smallest absolute Gasteiger partial charge is 0.422 e. The SMILES string of the molecule is CCN(CC)c1nc(B(O)O)cs1. The van der Waals surface area contributed by atoms with Crippen LogP contribution in [-0.4, -0.2) is 35.2 Å². The molecule has 0 bridgehead atoms. The summed E-state index contributed by atoms with van der Waals surface area (Å²) in [5.41, 5.74) is 0.326. The summed E-state index contributed by atoms with van der Waals surface area (Å²) in [6.45, 7) is 5.84. The highest BCUT2D eigenvalue weighted by Gasteiger charge is 2.16. The number of hydrogen-bond acceptors (Lipinski definition) is 5. The fraction of sp³-hybridized carbons (Fsp3) is 0.571. The van der Waals surface area contributed by atoms with E-state index in [4.69, 9.17) is 10.0 Å². The second kappa shape index (κ2) is 4.60. The predicted octanol–water partition coefficient (Wildman–Crippen LogP) is -0.331. The normalized spacial score (nSPS) is 10.2. The van der Waals surface area contributed by atoms with Gasteiger partial charge >= 0.3 is 7.12 Å². The molecule has 72 valence electrons. The van der Waals surface area contributed by atoms with Crippen molar-refractivity contribution >= 4 is 29.2 Å². The van der Waals surface area contributed by atoms with Crippen LogP contribution in [0.5, 0.6) is 0 Å². The lowest BCUT2D eigenvalue weighted by Crippen LogP contribution is -2.31. The van der Waals surface area contributed by atoms with Crippen LogP contribution in [-0.2, 0) is 0 Å². The third-order valence-corrected chi connectivity index (χ3v) is 2.73. The number of rotatable bonds is 4. The molecular weight excluding hydrogens is 187 g/mol. The number of aromatic nitrogens is 1. The van der Waals surface area contributed by atoms with Gasteiger partial charge in [-0.3, -0.25) is 0 Å². The van der Waals surface area contributed by atoms with Crippen molar-refractivity contribution in [1.82, 2.24) is 4.98 Å². The number of thiazole rings is 1. The molecule has 0 unspecified atom stereocenters. The van der Waals surface area contributed by atoms with Gasteiger partial charge in [0, 0.05) is 18.5 Å². The molecule has 1 aromatic rings. The second-order valence-electron chi connectivity index (χ2n) is 2.60. The summed E-state index contributed by atoms with van der Waals surface area (Å²) in [5, 5.41) is 20.2. The van der Waals surface area contributed by atoms with E-state index < -0.39 is 7.12 Å². The van der Waals surface area contributed by atoms with E-state index in [2.05, 4.69) is 9.88 Å². The van der Waals surface area contributed by atoms with E-state index in [1.54, 1.807) is 5.38 Å². The van der Waals surface area contributed by atoms with Crippen molar-refractivity contribution in [2.24, 2.45) is 0 Å². The first kappa shape index (κ1) is 10.5. The Hall–Kier alpha value is -0.585. The summed E-state index contributed by atoms with van der Waals surface area (Å²) >= 11 is 1.43. The molecule has 0 aliphatic heterocycles. The molecule has 1 rings (SSSR count). The van der Waals surface area contributed by atoms with E-state index in [0.29, 0.717) is 5.59 Å². The maximum Gasteiger partial charge on any atom is 0.509 e. The van der Waals surface area contributed by atoms with E-state index >= 15 is 0 Å². The summed E-state index contributed by atoms with van der Waals surface area (Å²) in [6.07, 6.45) is 0. The second-order valence-corrected chi connectivity index (χ2v) is 3.44. The lowest BCUT2D eigenvalue weighted by molar-refractivity contribution is 0.424. The highest BCUT2D eigenvalue weighted by Crippen LogP contribution is 2.15. The largest absolute Gasteiger partial charge is 0.509 e. The van der Waals surface area contributed by atoms with Gasteiger partial charge in [0.2, 0.25) is 0 Å². The van der Waals surface area contributed by atoms with Crippen LogP contribution in [0.2, 0.25) is 0 Å². The van der Waals surface area contributed by atoms with Crippen LogP contribution in [0.3, 0.4) is 0 Å². The zero-order valence-corrected chi connectivity index (χ0v) is 8.58. The maximum absolute atomic E-state index is 8.85. The van der Waals surface area contributed by atoms with Crippen LogP contribution in [0.4, 0.5) is 5.13 Å². The Morgan fingerprint density at radius 2 is 2.08 bits per heavy atom. The maximum atomic E-state index is 8.85. The Morgan fingerprint density at radius 3 is 2.46 bits per heavy atom. The highest BCUT2D eigenvalue weighted by atomic mass is 32.1. The van der Waals surface area contributed by atoms with Crippen LogP contribution in [0.15, 0.2) is 5.38 Å². The molecule has 4 nitrogen and oxygen atoms in total. The lowest BCUT2D eigenvalue weighted by atomic mass is 9.88. The summed E-state index contributed by atoms with van der Waals surface area (Å²) in [5.74, 6) is 0. The van der Waals surface area contributed by atoms with Crippen molar-refractivity contribution in [3.8, 4) is 0 Å². The van der Waals surface area contributed by atoms with Gasteiger partial charge in [-0.15, -0.1) is 11.3 Å². The molecule has 0 amide bonds. The summed E-state index contributed by atoms with van der Waals surface area (Å²) in [6, 6.07) is 0. The van der Waals surface area contributed by atoms with Gasteiger partial charge in [-0.2, -0.15) is 0 Å². The monoisotopic (exact) mass is 200 g/mol. The first-order valence-corrected chi connectivity index (χ1v) is 5.13. The minimum atomic E-state index is -1.46. The standard InChI is InChI=1S/C7H13BN2O2S/c1-3-10(4-2)7-9-6(5-13-7)8(11)12/h5,11-12H,3-4H2,1-2H3. The molecule has 1 aromatic heterocycles. The molecule has 6 heteroatoms. The zero-order valence-electron chi connectivity index (χ0n) is 7.77. The van der Waals surface area contributed by atoms with Crippen molar-refractivity contribution in [2.45, 2.75) is 13.8 Å². The summed E-state index contributed by atoms with van der Waals surface area (Å²) in [7, 11) is -1.46. The quantitative estimate of drug-likeness (QED) is 0.653. The molecule has 0 aliphatic rings. The van der Waals surface area contributed by atoms with E-state index in [-0.39, 0.29) is 0 Å². The minimum absolute atomic E-state index is 0.326. The fourth-order valence-electron chi connectivity index (χ4n) is 1.03. The molecule has 0 aromatic carbocycles. The molecule has 0 saturated carbocycles. The molecule has 0 fully saturated rings. The van der Waals surface area contributed by atoms with Gasteiger partial charge in [-0.05, 0) is 13.8 Å². The molecule has 0 aliphatic carbocycles. The van der Waals surface area contributed by atoms with Crippen LogP contribution in [0.1, 0.15) is 13.8 Å². The number of hydrogen-bond donors (Lipinski definition) is 2. The van der Waals surface area contributed by atoms with Crippen molar-refractivity contribution in [3.05, 3.63) is 5.38 Å². The number of anilines is 1. The van der Waals surface area contributed by atoms with Crippen LogP contribution >= 0.6 is 11.3 Å². The Balaban J connectivity index is 2.78. The van der Waals surface area contributed by atoms with Gasteiger partial charge in [0.25, 0.3) is 0 Å². The lowest BCUT2D eigenvalue weighted by Gasteiger charge is -2.16. The first-order valence-electron chi connectivity index (χ1n) is 4.25. The Morgan fingerprint density at radius 1 is 1.46 bits per heavy atom. The van der Waals surface area contributed by atoms with Gasteiger partial charge in [0.1, 0.15) is 0 Å². The number of nitrogens with zero attached hydrogens (tertiary/aromatic N) is 2. The molecule has 0 spiro atoms. The van der Waals surface area contributed by atoms with Gasteiger partial charge in [0.05, 0.1) is 5.59 Å². The zero-order chi connectivity index (χ0) is 9.84. The third-order valence-electron chi connectivity index (χ3n) is 1.81. The van der Waals surface area contributed by atoms with E-state index in [1.807, 2.05) is 13.8 Å². The van der Waals surface area contributed by atoms with E-state index in [9.17, 15) is 0 Å². The topological polar surface area (TPSA) is 56.6 Å². The van der Waals surface area contributed by atoms with E-state index in [0.717, 1.165) is 18.2 Å². The average molecular weight is 200 g/mol. The Kier molecular flexibility index (Phi) is 3.71. The van der Waals surface area contributed by atoms with Gasteiger partial charge in [-0.1, -0.05) is 0 Å². The molecular formula is C7H13BN2O2S. The van der Waals surface area contributed by atoms with E-state index in [1.165, 1.54) is 11.3 Å². The van der Waals surface area contributed by atoms with Crippen LogP contribution in [0.25, 0.3) is 0 Å². The van der Waals surface area contributed by atoms with Gasteiger partial charge < -0.3 is 14.9 Å². The molecule has 2 N–H and O–H groups in total. The highest BCUT2D eigenvalue weighted by molar-refractivity contribution is 7.14. The molecule has 13 heavy (non-hydrogen) atoms. The molecule has 0 saturated heterocycles. The molecule has 1 heterocycles. The summed E-state index contributed by atoms with van der Waals surface area (Å²) < 4.78 is 0. The predicted molar refractivity (Wildman–Crippen MR) is 55.5 cm³/mol. The molecule has 0 atom stereocenters. The van der Waals surface area contributed by atoms with Crippen LogP contribution < -0.4 is 10.5 Å². The minimum Gasteiger partial charge on any atom is -0.422 e. The van der Waals surface area contributed by atoms with Crippen LogP contribution in [0, 0.1) is 0 Å². The first-order chi connectivity index (χ1) is 6.19.